The molecule has 0 atom stereocenters. The number of halogens is 1. The zero-order valence-electron chi connectivity index (χ0n) is 9.35. The van der Waals surface area contributed by atoms with E-state index in [4.69, 9.17) is 5.73 Å². The van der Waals surface area contributed by atoms with Crippen LogP contribution in [0.1, 0.15) is 0 Å². The van der Waals surface area contributed by atoms with Crippen molar-refractivity contribution >= 4 is 49.8 Å². The number of hydrogen-bond donors (Lipinski definition) is 1. The number of anilines is 2. The van der Waals surface area contributed by atoms with Gasteiger partial charge in [-0.3, -0.25) is 0 Å². The van der Waals surface area contributed by atoms with E-state index in [1.165, 1.54) is 11.8 Å². The van der Waals surface area contributed by atoms with Crippen LogP contribution >= 0.6 is 39.0 Å². The molecule has 0 aliphatic heterocycles. The average molecular weight is 331 g/mol. The molecule has 0 saturated carbocycles. The summed E-state index contributed by atoms with van der Waals surface area (Å²) in [5, 5.41) is 9.10. The Balaban J connectivity index is 2.22. The van der Waals surface area contributed by atoms with E-state index in [0.717, 1.165) is 24.5 Å². The lowest BCUT2D eigenvalue weighted by Crippen LogP contribution is -2.07. The molecule has 2 rings (SSSR count). The Kier molecular flexibility index (Phi) is 3.90. The van der Waals surface area contributed by atoms with Crippen LogP contribution in [0.2, 0.25) is 0 Å². The molecule has 0 aliphatic rings. The second kappa shape index (κ2) is 5.24. The van der Waals surface area contributed by atoms with Crippen molar-refractivity contribution in [1.82, 2.24) is 10.2 Å². The first-order valence-corrected chi connectivity index (χ1v) is 7.22. The molecule has 0 fully saturated rings. The number of nitrogens with zero attached hydrogens (tertiary/aromatic N) is 3. The van der Waals surface area contributed by atoms with E-state index < -0.39 is 0 Å². The fourth-order valence-electron chi connectivity index (χ4n) is 1.12. The number of aromatic nitrogens is 2. The van der Waals surface area contributed by atoms with Crippen LogP contribution < -0.4 is 10.6 Å². The molecular formula is C10H11BrN4S2. The van der Waals surface area contributed by atoms with Crippen LogP contribution in [0.15, 0.2) is 31.9 Å². The maximum absolute atomic E-state index is 5.91. The standard InChI is InChI=1S/C10H11BrN4S2/c1-15(2)9-13-14-10(17-9)16-8-5-6(11)3-4-7(8)12/h3-5H,12H2,1-2H3. The van der Waals surface area contributed by atoms with Crippen molar-refractivity contribution in [2.24, 2.45) is 0 Å². The number of hydrogen-bond acceptors (Lipinski definition) is 6. The van der Waals surface area contributed by atoms with Crippen LogP contribution in [-0.2, 0) is 0 Å². The van der Waals surface area contributed by atoms with Crippen LogP contribution in [-0.4, -0.2) is 24.3 Å². The van der Waals surface area contributed by atoms with Gasteiger partial charge in [0, 0.05) is 29.2 Å². The molecule has 0 bridgehead atoms. The van der Waals surface area contributed by atoms with Gasteiger partial charge in [-0.05, 0) is 18.2 Å². The topological polar surface area (TPSA) is 55.0 Å². The van der Waals surface area contributed by atoms with E-state index in [1.54, 1.807) is 11.3 Å². The van der Waals surface area contributed by atoms with Crippen molar-refractivity contribution in [2.45, 2.75) is 9.24 Å². The van der Waals surface area contributed by atoms with E-state index in [2.05, 4.69) is 26.1 Å². The Hall–Kier alpha value is -0.790. The van der Waals surface area contributed by atoms with E-state index in [1.807, 2.05) is 37.2 Å². The fraction of sp³-hybridized carbons (Fsp3) is 0.200. The summed E-state index contributed by atoms with van der Waals surface area (Å²) in [5.74, 6) is 0. The zero-order valence-corrected chi connectivity index (χ0v) is 12.6. The molecular weight excluding hydrogens is 320 g/mol. The largest absolute Gasteiger partial charge is 0.398 e. The lowest BCUT2D eigenvalue weighted by molar-refractivity contribution is 0.973. The molecule has 0 aliphatic carbocycles. The molecule has 1 aromatic heterocycles. The van der Waals surface area contributed by atoms with Crippen LogP contribution in [0.5, 0.6) is 0 Å². The number of rotatable bonds is 3. The molecule has 0 spiro atoms. The summed E-state index contributed by atoms with van der Waals surface area (Å²) in [6, 6.07) is 5.78. The van der Waals surface area contributed by atoms with Gasteiger partial charge >= 0.3 is 0 Å². The van der Waals surface area contributed by atoms with Gasteiger partial charge in [0.05, 0.1) is 0 Å². The minimum atomic E-state index is 0.750. The highest BCUT2D eigenvalue weighted by molar-refractivity contribution is 9.10. The molecule has 2 N–H and O–H groups in total. The third-order valence-electron chi connectivity index (χ3n) is 1.95. The lowest BCUT2D eigenvalue weighted by Gasteiger charge is -2.04. The molecule has 0 radical (unpaired) electrons. The second-order valence-corrected chi connectivity index (χ2v) is 6.69. The molecule has 7 heteroatoms. The van der Waals surface area contributed by atoms with Crippen LogP contribution in [0.25, 0.3) is 0 Å². The highest BCUT2D eigenvalue weighted by atomic mass is 79.9. The Morgan fingerprint density at radius 3 is 2.76 bits per heavy atom. The van der Waals surface area contributed by atoms with Gasteiger partial charge in [-0.1, -0.05) is 39.0 Å². The molecule has 90 valence electrons. The fourth-order valence-corrected chi connectivity index (χ4v) is 3.43. The Morgan fingerprint density at radius 1 is 1.35 bits per heavy atom. The summed E-state index contributed by atoms with van der Waals surface area (Å²) in [4.78, 5) is 2.92. The SMILES string of the molecule is CN(C)c1nnc(Sc2cc(Br)ccc2N)s1. The van der Waals surface area contributed by atoms with Gasteiger partial charge in [0.1, 0.15) is 0 Å². The predicted molar refractivity (Wildman–Crippen MR) is 76.9 cm³/mol. The van der Waals surface area contributed by atoms with Crippen molar-refractivity contribution in [1.29, 1.82) is 0 Å². The highest BCUT2D eigenvalue weighted by Crippen LogP contribution is 2.36. The second-order valence-electron chi connectivity index (χ2n) is 3.53. The molecule has 0 amide bonds. The molecule has 4 nitrogen and oxygen atoms in total. The van der Waals surface area contributed by atoms with E-state index in [9.17, 15) is 0 Å². The van der Waals surface area contributed by atoms with E-state index in [0.29, 0.717) is 0 Å². The maximum Gasteiger partial charge on any atom is 0.208 e. The molecule has 17 heavy (non-hydrogen) atoms. The molecule has 0 saturated heterocycles. The predicted octanol–water partition coefficient (Wildman–Crippen LogP) is 3.10. The minimum absolute atomic E-state index is 0.750. The summed E-state index contributed by atoms with van der Waals surface area (Å²) >= 11 is 6.50. The third kappa shape index (κ3) is 3.11. The van der Waals surface area contributed by atoms with Crippen LogP contribution in [0, 0.1) is 0 Å². The summed E-state index contributed by atoms with van der Waals surface area (Å²) < 4.78 is 1.89. The summed E-state index contributed by atoms with van der Waals surface area (Å²) in [7, 11) is 3.89. The normalized spacial score (nSPS) is 10.5. The third-order valence-corrected chi connectivity index (χ3v) is 4.66. The number of nitrogens with two attached hydrogens (primary N) is 1. The minimum Gasteiger partial charge on any atom is -0.398 e. The molecule has 1 aromatic carbocycles. The Morgan fingerprint density at radius 2 is 2.12 bits per heavy atom. The van der Waals surface area contributed by atoms with E-state index in [-0.39, 0.29) is 0 Å². The van der Waals surface area contributed by atoms with Gasteiger partial charge in [0.25, 0.3) is 0 Å². The number of benzene rings is 1. The van der Waals surface area contributed by atoms with Gasteiger partial charge in [-0.25, -0.2) is 0 Å². The number of nitrogen functional groups attached to an aromatic ring is 1. The van der Waals surface area contributed by atoms with Crippen LogP contribution in [0.3, 0.4) is 0 Å². The molecule has 1 heterocycles. The quantitative estimate of drug-likeness (QED) is 0.876. The first-order chi connectivity index (χ1) is 8.06. The van der Waals surface area contributed by atoms with Gasteiger partial charge in [0.15, 0.2) is 4.34 Å². The summed E-state index contributed by atoms with van der Waals surface area (Å²) in [6.07, 6.45) is 0. The van der Waals surface area contributed by atoms with Crippen LogP contribution in [0.4, 0.5) is 10.8 Å². The first-order valence-electron chi connectivity index (χ1n) is 4.80. The van der Waals surface area contributed by atoms with E-state index >= 15 is 0 Å². The zero-order chi connectivity index (χ0) is 12.4. The van der Waals surface area contributed by atoms with Crippen molar-refractivity contribution in [2.75, 3.05) is 24.7 Å². The molecule has 0 unspecified atom stereocenters. The van der Waals surface area contributed by atoms with Gasteiger partial charge in [-0.15, -0.1) is 10.2 Å². The smallest absolute Gasteiger partial charge is 0.208 e. The van der Waals surface area contributed by atoms with Crippen molar-refractivity contribution in [3.63, 3.8) is 0 Å². The maximum atomic E-state index is 5.91. The molecule has 2 aromatic rings. The summed E-state index contributed by atoms with van der Waals surface area (Å²) in [6.45, 7) is 0. The average Bonchev–Trinajstić information content (AvgIpc) is 2.72. The monoisotopic (exact) mass is 330 g/mol. The Labute approximate surface area is 116 Å². The van der Waals surface area contributed by atoms with Gasteiger partial charge in [-0.2, -0.15) is 0 Å². The highest BCUT2D eigenvalue weighted by Gasteiger charge is 2.09. The Bertz CT molecular complexity index is 527. The van der Waals surface area contributed by atoms with Gasteiger partial charge < -0.3 is 10.6 Å². The van der Waals surface area contributed by atoms with Crippen molar-refractivity contribution < 1.29 is 0 Å². The van der Waals surface area contributed by atoms with Gasteiger partial charge in [0.2, 0.25) is 5.13 Å². The van der Waals surface area contributed by atoms with Crippen molar-refractivity contribution in [3.05, 3.63) is 22.7 Å². The first kappa shape index (κ1) is 12.7. The lowest BCUT2D eigenvalue weighted by atomic mass is 10.3. The summed E-state index contributed by atoms with van der Waals surface area (Å²) in [5.41, 5.74) is 6.66. The van der Waals surface area contributed by atoms with Crippen molar-refractivity contribution in [3.8, 4) is 0 Å².